The van der Waals surface area contributed by atoms with Gasteiger partial charge in [0, 0.05) is 17.1 Å². The van der Waals surface area contributed by atoms with E-state index in [1.807, 2.05) is 4.68 Å². The maximum atomic E-state index is 10.8. The lowest BCUT2D eigenvalue weighted by atomic mass is 10.0. The standard InChI is InChI=1S/C17H17N3O/c1-12(2)15-5-3-13(4-6-15)10-20-17-16(9-19-20)7-14(11-21)8-18-17/h3-9,11-12H,10H2,1-2H3. The molecule has 0 aliphatic rings. The van der Waals surface area contributed by atoms with Crippen molar-refractivity contribution in [1.29, 1.82) is 0 Å². The van der Waals surface area contributed by atoms with Crippen molar-refractivity contribution in [3.8, 4) is 0 Å². The summed E-state index contributed by atoms with van der Waals surface area (Å²) >= 11 is 0. The van der Waals surface area contributed by atoms with Gasteiger partial charge in [0.15, 0.2) is 11.9 Å². The molecule has 0 amide bonds. The Morgan fingerprint density at radius 2 is 1.95 bits per heavy atom. The summed E-state index contributed by atoms with van der Waals surface area (Å²) in [6.45, 7) is 5.05. The number of carbonyl (C=O) groups is 1. The molecule has 2 heterocycles. The van der Waals surface area contributed by atoms with Gasteiger partial charge in [-0.15, -0.1) is 0 Å². The molecule has 0 unspecified atom stereocenters. The number of benzene rings is 1. The first kappa shape index (κ1) is 13.5. The summed E-state index contributed by atoms with van der Waals surface area (Å²) < 4.78 is 1.86. The fourth-order valence-corrected chi connectivity index (χ4v) is 2.35. The number of hydrogen-bond acceptors (Lipinski definition) is 3. The fourth-order valence-electron chi connectivity index (χ4n) is 2.35. The highest BCUT2D eigenvalue weighted by Gasteiger charge is 2.06. The van der Waals surface area contributed by atoms with Crippen LogP contribution in [0, 0.1) is 0 Å². The zero-order valence-electron chi connectivity index (χ0n) is 12.2. The van der Waals surface area contributed by atoms with E-state index in [9.17, 15) is 4.79 Å². The molecule has 0 atom stereocenters. The number of nitrogens with zero attached hydrogens (tertiary/aromatic N) is 3. The normalized spacial score (nSPS) is 11.2. The van der Waals surface area contributed by atoms with E-state index in [2.05, 4.69) is 48.2 Å². The van der Waals surface area contributed by atoms with E-state index in [4.69, 9.17) is 0 Å². The van der Waals surface area contributed by atoms with Gasteiger partial charge in [-0.1, -0.05) is 38.1 Å². The monoisotopic (exact) mass is 279 g/mol. The van der Waals surface area contributed by atoms with Gasteiger partial charge < -0.3 is 0 Å². The molecule has 21 heavy (non-hydrogen) atoms. The minimum absolute atomic E-state index is 0.535. The Balaban J connectivity index is 1.89. The Morgan fingerprint density at radius 3 is 2.62 bits per heavy atom. The molecule has 106 valence electrons. The number of hydrogen-bond donors (Lipinski definition) is 0. The quantitative estimate of drug-likeness (QED) is 0.687. The minimum atomic E-state index is 0.535. The van der Waals surface area contributed by atoms with Crippen LogP contribution in [0.2, 0.25) is 0 Å². The summed E-state index contributed by atoms with van der Waals surface area (Å²) in [4.78, 5) is 15.1. The van der Waals surface area contributed by atoms with Crippen LogP contribution in [0.4, 0.5) is 0 Å². The zero-order valence-corrected chi connectivity index (χ0v) is 12.2. The summed E-state index contributed by atoms with van der Waals surface area (Å²) in [6.07, 6.45) is 4.13. The van der Waals surface area contributed by atoms with Gasteiger partial charge in [0.05, 0.1) is 12.7 Å². The highest BCUT2D eigenvalue weighted by atomic mass is 16.1. The van der Waals surface area contributed by atoms with Gasteiger partial charge in [-0.3, -0.25) is 4.79 Å². The predicted octanol–water partition coefficient (Wildman–Crippen LogP) is 3.42. The number of carbonyl (C=O) groups excluding carboxylic acids is 1. The van der Waals surface area contributed by atoms with Crippen LogP contribution < -0.4 is 0 Å². The van der Waals surface area contributed by atoms with E-state index in [0.717, 1.165) is 17.3 Å². The molecule has 0 aliphatic heterocycles. The van der Waals surface area contributed by atoms with Crippen LogP contribution in [0.15, 0.2) is 42.7 Å². The van der Waals surface area contributed by atoms with E-state index in [1.54, 1.807) is 18.5 Å². The molecule has 3 aromatic rings. The molecule has 0 aliphatic carbocycles. The molecule has 0 N–H and O–H groups in total. The first-order chi connectivity index (χ1) is 10.2. The number of pyridine rings is 1. The molecule has 0 saturated carbocycles. The van der Waals surface area contributed by atoms with Gasteiger partial charge in [-0.05, 0) is 23.1 Å². The Hall–Kier alpha value is -2.49. The highest BCUT2D eigenvalue weighted by molar-refractivity contribution is 5.83. The minimum Gasteiger partial charge on any atom is -0.298 e. The van der Waals surface area contributed by atoms with Crippen molar-refractivity contribution in [2.75, 3.05) is 0 Å². The lowest BCUT2D eigenvalue weighted by Crippen LogP contribution is -2.03. The summed E-state index contributed by atoms with van der Waals surface area (Å²) in [5.74, 6) is 0.535. The third-order valence-corrected chi connectivity index (χ3v) is 3.61. The SMILES string of the molecule is CC(C)c1ccc(Cn2ncc3cc(C=O)cnc32)cc1. The van der Waals surface area contributed by atoms with E-state index in [1.165, 1.54) is 11.1 Å². The van der Waals surface area contributed by atoms with Gasteiger partial charge in [0.1, 0.15) is 0 Å². The largest absolute Gasteiger partial charge is 0.298 e. The van der Waals surface area contributed by atoms with Gasteiger partial charge in [0.2, 0.25) is 0 Å². The second-order valence-corrected chi connectivity index (χ2v) is 5.50. The average Bonchev–Trinajstić information content (AvgIpc) is 2.90. The number of aromatic nitrogens is 3. The topological polar surface area (TPSA) is 47.8 Å². The molecule has 0 fully saturated rings. The first-order valence-corrected chi connectivity index (χ1v) is 7.03. The average molecular weight is 279 g/mol. The predicted molar refractivity (Wildman–Crippen MR) is 82.5 cm³/mol. The molecule has 0 saturated heterocycles. The molecule has 0 spiro atoms. The molecule has 0 radical (unpaired) electrons. The third kappa shape index (κ3) is 2.70. The molecular weight excluding hydrogens is 262 g/mol. The molecular formula is C17H17N3O. The summed E-state index contributed by atoms with van der Waals surface area (Å²) in [6, 6.07) is 10.4. The van der Waals surface area contributed by atoms with Gasteiger partial charge in [0.25, 0.3) is 0 Å². The Labute approximate surface area is 123 Å². The van der Waals surface area contributed by atoms with Crippen LogP contribution in [0.1, 0.15) is 41.3 Å². The van der Waals surface area contributed by atoms with Crippen LogP contribution in [0.3, 0.4) is 0 Å². The van der Waals surface area contributed by atoms with Gasteiger partial charge >= 0.3 is 0 Å². The van der Waals surface area contributed by atoms with Crippen molar-refractivity contribution in [1.82, 2.24) is 14.8 Å². The van der Waals surface area contributed by atoms with E-state index < -0.39 is 0 Å². The first-order valence-electron chi connectivity index (χ1n) is 7.03. The number of aldehydes is 1. The molecule has 0 bridgehead atoms. The third-order valence-electron chi connectivity index (χ3n) is 3.61. The Bertz CT molecular complexity index is 772. The lowest BCUT2D eigenvalue weighted by Gasteiger charge is -2.07. The van der Waals surface area contributed by atoms with E-state index >= 15 is 0 Å². The summed E-state index contributed by atoms with van der Waals surface area (Å²) in [5.41, 5.74) is 3.89. The van der Waals surface area contributed by atoms with Crippen LogP contribution in [0.5, 0.6) is 0 Å². The van der Waals surface area contributed by atoms with Crippen molar-refractivity contribution in [2.45, 2.75) is 26.3 Å². The Kier molecular flexibility index (Phi) is 3.52. The highest BCUT2D eigenvalue weighted by Crippen LogP contribution is 2.17. The summed E-state index contributed by atoms with van der Waals surface area (Å²) in [5, 5.41) is 5.25. The Morgan fingerprint density at radius 1 is 1.19 bits per heavy atom. The molecule has 4 nitrogen and oxygen atoms in total. The van der Waals surface area contributed by atoms with E-state index in [0.29, 0.717) is 18.0 Å². The van der Waals surface area contributed by atoms with Crippen LogP contribution >= 0.6 is 0 Å². The number of rotatable bonds is 4. The fraction of sp³-hybridized carbons (Fsp3) is 0.235. The molecule has 1 aromatic carbocycles. The van der Waals surface area contributed by atoms with Gasteiger partial charge in [-0.25, -0.2) is 9.67 Å². The van der Waals surface area contributed by atoms with Crippen molar-refractivity contribution in [3.63, 3.8) is 0 Å². The van der Waals surface area contributed by atoms with Crippen molar-refractivity contribution >= 4 is 17.3 Å². The maximum Gasteiger partial charge on any atom is 0.158 e. The lowest BCUT2D eigenvalue weighted by molar-refractivity contribution is 0.112. The summed E-state index contributed by atoms with van der Waals surface area (Å²) in [7, 11) is 0. The molecule has 4 heteroatoms. The molecule has 2 aromatic heterocycles. The smallest absolute Gasteiger partial charge is 0.158 e. The van der Waals surface area contributed by atoms with Gasteiger partial charge in [-0.2, -0.15) is 5.10 Å². The molecule has 3 rings (SSSR count). The van der Waals surface area contributed by atoms with Crippen LogP contribution in [-0.2, 0) is 6.54 Å². The van der Waals surface area contributed by atoms with E-state index in [-0.39, 0.29) is 0 Å². The maximum absolute atomic E-state index is 10.8. The van der Waals surface area contributed by atoms with Crippen molar-refractivity contribution in [3.05, 3.63) is 59.4 Å². The second kappa shape index (κ2) is 5.48. The number of fused-ring (bicyclic) bond motifs is 1. The zero-order chi connectivity index (χ0) is 14.8. The van der Waals surface area contributed by atoms with Crippen molar-refractivity contribution in [2.24, 2.45) is 0 Å². The second-order valence-electron chi connectivity index (χ2n) is 5.50. The van der Waals surface area contributed by atoms with Crippen LogP contribution in [-0.4, -0.2) is 21.1 Å². The van der Waals surface area contributed by atoms with Crippen LogP contribution in [0.25, 0.3) is 11.0 Å². The van der Waals surface area contributed by atoms with Crippen molar-refractivity contribution < 1.29 is 4.79 Å².